The van der Waals surface area contributed by atoms with Crippen LogP contribution in [0.25, 0.3) is 0 Å². The molecule has 1 aliphatic heterocycles. The lowest BCUT2D eigenvalue weighted by molar-refractivity contribution is -0.129. The minimum atomic E-state index is -0.313. The molecule has 3 rings (SSSR count). The Labute approximate surface area is 190 Å². The molecule has 32 heavy (non-hydrogen) atoms. The lowest BCUT2D eigenvalue weighted by Crippen LogP contribution is -2.38. The van der Waals surface area contributed by atoms with Gasteiger partial charge < -0.3 is 24.6 Å². The third kappa shape index (κ3) is 5.79. The van der Waals surface area contributed by atoms with Gasteiger partial charge in [0.2, 0.25) is 11.8 Å². The van der Waals surface area contributed by atoms with Crippen LogP contribution in [0.4, 0.5) is 0 Å². The van der Waals surface area contributed by atoms with Crippen LogP contribution in [-0.2, 0) is 16.0 Å². The zero-order valence-electron chi connectivity index (χ0n) is 19.3. The molecule has 0 aliphatic carbocycles. The quantitative estimate of drug-likeness (QED) is 0.616. The zero-order valence-corrected chi connectivity index (χ0v) is 19.3. The van der Waals surface area contributed by atoms with Crippen molar-refractivity contribution in [3.8, 4) is 11.5 Å². The summed E-state index contributed by atoms with van der Waals surface area (Å²) in [6, 6.07) is 15.9. The molecule has 2 aromatic rings. The number of nitrogens with one attached hydrogen (secondary N) is 1. The summed E-state index contributed by atoms with van der Waals surface area (Å²) in [6.45, 7) is 1.53. The van der Waals surface area contributed by atoms with E-state index in [1.165, 1.54) is 0 Å². The van der Waals surface area contributed by atoms with Crippen LogP contribution in [-0.4, -0.2) is 69.6 Å². The molecule has 0 radical (unpaired) electrons. The molecule has 0 saturated carbocycles. The molecule has 1 heterocycles. The van der Waals surface area contributed by atoms with E-state index in [2.05, 4.69) is 22.3 Å². The van der Waals surface area contributed by atoms with Gasteiger partial charge in [-0.25, -0.2) is 0 Å². The Morgan fingerprint density at radius 2 is 1.84 bits per heavy atom. The van der Waals surface area contributed by atoms with Crippen LogP contribution < -0.4 is 14.8 Å². The maximum absolute atomic E-state index is 12.8. The van der Waals surface area contributed by atoms with Gasteiger partial charge in [0.15, 0.2) is 11.5 Å². The number of carbonyl (C=O) groups excluding carboxylic acids is 2. The van der Waals surface area contributed by atoms with Gasteiger partial charge in [0, 0.05) is 26.1 Å². The second-order valence-electron chi connectivity index (χ2n) is 8.32. The first kappa shape index (κ1) is 23.6. The Hall–Kier alpha value is -3.06. The average molecular weight is 440 g/mol. The first-order valence-corrected chi connectivity index (χ1v) is 10.9. The molecule has 172 valence electrons. The van der Waals surface area contributed by atoms with Crippen molar-refractivity contribution in [2.45, 2.75) is 18.9 Å². The zero-order chi connectivity index (χ0) is 23.1. The molecule has 2 atom stereocenters. The number of amides is 2. The Balaban J connectivity index is 1.53. The van der Waals surface area contributed by atoms with Gasteiger partial charge >= 0.3 is 0 Å². The summed E-state index contributed by atoms with van der Waals surface area (Å²) in [7, 11) is 7.21. The summed E-state index contributed by atoms with van der Waals surface area (Å²) in [5, 5.41) is 3.06. The number of rotatable bonds is 10. The molecule has 7 heteroatoms. The van der Waals surface area contributed by atoms with Gasteiger partial charge in [-0.3, -0.25) is 9.59 Å². The SMILES string of the molecule is COc1ccc(CCN2C[C@@H](C(=O)NC[C@@H](c3ccccc3)N(C)C)CC2=O)cc1OC. The number of ether oxygens (including phenoxy) is 2. The van der Waals surface area contributed by atoms with Crippen LogP contribution in [0.15, 0.2) is 48.5 Å². The number of likely N-dealkylation sites (tertiary alicyclic amines) is 1. The first-order valence-electron chi connectivity index (χ1n) is 10.9. The molecular weight excluding hydrogens is 406 g/mol. The minimum Gasteiger partial charge on any atom is -0.493 e. The van der Waals surface area contributed by atoms with Crippen LogP contribution >= 0.6 is 0 Å². The molecule has 0 spiro atoms. The van der Waals surface area contributed by atoms with Gasteiger partial charge in [-0.05, 0) is 43.8 Å². The maximum Gasteiger partial charge on any atom is 0.225 e. The first-order chi connectivity index (χ1) is 15.4. The lowest BCUT2D eigenvalue weighted by atomic mass is 10.0. The summed E-state index contributed by atoms with van der Waals surface area (Å²) in [5.74, 6) is 1.000. The fourth-order valence-electron chi connectivity index (χ4n) is 4.08. The molecule has 1 N–H and O–H groups in total. The minimum absolute atomic E-state index is 0.0258. The van der Waals surface area contributed by atoms with Crippen molar-refractivity contribution in [3.05, 3.63) is 59.7 Å². The predicted molar refractivity (Wildman–Crippen MR) is 124 cm³/mol. The van der Waals surface area contributed by atoms with Crippen molar-refractivity contribution in [3.63, 3.8) is 0 Å². The van der Waals surface area contributed by atoms with Crippen molar-refractivity contribution in [2.75, 3.05) is 47.9 Å². The van der Waals surface area contributed by atoms with E-state index in [9.17, 15) is 9.59 Å². The van der Waals surface area contributed by atoms with E-state index in [1.807, 2.05) is 50.5 Å². The van der Waals surface area contributed by atoms with E-state index < -0.39 is 0 Å². The third-order valence-corrected chi connectivity index (χ3v) is 5.98. The second kappa shape index (κ2) is 11.0. The average Bonchev–Trinajstić information content (AvgIpc) is 3.18. The molecule has 0 unspecified atom stereocenters. The van der Waals surface area contributed by atoms with Crippen molar-refractivity contribution >= 4 is 11.8 Å². The van der Waals surface area contributed by atoms with Crippen molar-refractivity contribution in [1.82, 2.24) is 15.1 Å². The van der Waals surface area contributed by atoms with Crippen LogP contribution in [0.2, 0.25) is 0 Å². The second-order valence-corrected chi connectivity index (χ2v) is 8.32. The summed E-state index contributed by atoms with van der Waals surface area (Å²) in [4.78, 5) is 29.1. The molecule has 0 aromatic heterocycles. The van der Waals surface area contributed by atoms with Crippen LogP contribution in [0.3, 0.4) is 0 Å². The van der Waals surface area contributed by atoms with Gasteiger partial charge in [0.1, 0.15) is 0 Å². The lowest BCUT2D eigenvalue weighted by Gasteiger charge is -2.25. The topological polar surface area (TPSA) is 71.1 Å². The van der Waals surface area contributed by atoms with Crippen molar-refractivity contribution in [2.24, 2.45) is 5.92 Å². The molecule has 1 aliphatic rings. The van der Waals surface area contributed by atoms with E-state index in [0.717, 1.165) is 11.1 Å². The predicted octanol–water partition coefficient (Wildman–Crippen LogP) is 2.51. The standard InChI is InChI=1S/C25H33N3O4/c1-27(2)21(19-8-6-5-7-9-19)16-26-25(30)20-15-24(29)28(17-20)13-12-18-10-11-22(31-3)23(14-18)32-4/h5-11,14,20-21H,12-13,15-17H2,1-4H3,(H,26,30)/t20-,21-/m0/s1. The number of nitrogens with zero attached hydrogens (tertiary/aromatic N) is 2. The maximum atomic E-state index is 12.8. The normalized spacial score (nSPS) is 16.8. The Bertz CT molecular complexity index is 917. The summed E-state index contributed by atoms with van der Waals surface area (Å²) >= 11 is 0. The highest BCUT2D eigenvalue weighted by Crippen LogP contribution is 2.28. The van der Waals surface area contributed by atoms with Crippen LogP contribution in [0, 0.1) is 5.92 Å². The number of hydrogen-bond acceptors (Lipinski definition) is 5. The van der Waals surface area contributed by atoms with Gasteiger partial charge in [-0.1, -0.05) is 36.4 Å². The van der Waals surface area contributed by atoms with E-state index in [4.69, 9.17) is 9.47 Å². The van der Waals surface area contributed by atoms with E-state index in [0.29, 0.717) is 37.6 Å². The fourth-order valence-corrected chi connectivity index (χ4v) is 4.08. The van der Waals surface area contributed by atoms with Crippen LogP contribution in [0.1, 0.15) is 23.6 Å². The highest BCUT2D eigenvalue weighted by atomic mass is 16.5. The van der Waals surface area contributed by atoms with Gasteiger partial charge in [-0.2, -0.15) is 0 Å². The highest BCUT2D eigenvalue weighted by Gasteiger charge is 2.34. The number of benzene rings is 2. The van der Waals surface area contributed by atoms with Gasteiger partial charge in [-0.15, -0.1) is 0 Å². The number of methoxy groups -OCH3 is 2. The largest absolute Gasteiger partial charge is 0.493 e. The molecular formula is C25H33N3O4. The van der Waals surface area contributed by atoms with Crippen molar-refractivity contribution < 1.29 is 19.1 Å². The molecule has 7 nitrogen and oxygen atoms in total. The Morgan fingerprint density at radius 1 is 1.12 bits per heavy atom. The number of carbonyl (C=O) groups is 2. The summed E-state index contributed by atoms with van der Waals surface area (Å²) < 4.78 is 10.6. The molecule has 1 fully saturated rings. The summed E-state index contributed by atoms with van der Waals surface area (Å²) in [6.07, 6.45) is 0.951. The van der Waals surface area contributed by atoms with Gasteiger partial charge in [0.05, 0.1) is 26.2 Å². The van der Waals surface area contributed by atoms with E-state index >= 15 is 0 Å². The molecule has 2 amide bonds. The van der Waals surface area contributed by atoms with Gasteiger partial charge in [0.25, 0.3) is 0 Å². The molecule has 2 aromatic carbocycles. The smallest absolute Gasteiger partial charge is 0.225 e. The Kier molecular flexibility index (Phi) is 8.11. The highest BCUT2D eigenvalue weighted by molar-refractivity contribution is 5.89. The van der Waals surface area contributed by atoms with Crippen molar-refractivity contribution in [1.29, 1.82) is 0 Å². The fraction of sp³-hybridized carbons (Fsp3) is 0.440. The molecule has 0 bridgehead atoms. The van der Waals surface area contributed by atoms with E-state index in [-0.39, 0.29) is 30.2 Å². The number of hydrogen-bond donors (Lipinski definition) is 1. The monoisotopic (exact) mass is 439 g/mol. The Morgan fingerprint density at radius 3 is 2.50 bits per heavy atom. The van der Waals surface area contributed by atoms with E-state index in [1.54, 1.807) is 19.1 Å². The number of likely N-dealkylation sites (N-methyl/N-ethyl adjacent to an activating group) is 1. The third-order valence-electron chi connectivity index (χ3n) is 5.98. The summed E-state index contributed by atoms with van der Waals surface area (Å²) in [5.41, 5.74) is 2.21. The van der Waals surface area contributed by atoms with Crippen LogP contribution in [0.5, 0.6) is 11.5 Å². The molecule has 1 saturated heterocycles.